The monoisotopic (exact) mass is 420 g/mol. The van der Waals surface area contributed by atoms with Gasteiger partial charge < -0.3 is 19.8 Å². The third kappa shape index (κ3) is 5.31. The van der Waals surface area contributed by atoms with Gasteiger partial charge in [-0.05, 0) is 47.9 Å². The van der Waals surface area contributed by atoms with Crippen molar-refractivity contribution in [2.45, 2.75) is 66.2 Å². The lowest BCUT2D eigenvalue weighted by Gasteiger charge is -2.32. The molecule has 0 spiro atoms. The molecule has 1 aromatic carbocycles. The van der Waals surface area contributed by atoms with Crippen molar-refractivity contribution in [2.75, 3.05) is 11.6 Å². The summed E-state index contributed by atoms with van der Waals surface area (Å²) < 4.78 is 18.6. The van der Waals surface area contributed by atoms with Gasteiger partial charge >= 0.3 is 7.60 Å². The summed E-state index contributed by atoms with van der Waals surface area (Å²) in [4.78, 5) is 14.5. The number of benzene rings is 1. The van der Waals surface area contributed by atoms with Crippen molar-refractivity contribution in [3.8, 4) is 11.5 Å². The average molecular weight is 420 g/mol. The zero-order valence-electron chi connectivity index (χ0n) is 18.6. The van der Waals surface area contributed by atoms with E-state index in [1.54, 1.807) is 24.5 Å². The molecule has 0 fully saturated rings. The number of nitrogens with zero attached hydrogens (tertiary/aromatic N) is 1. The van der Waals surface area contributed by atoms with Crippen molar-refractivity contribution in [1.82, 2.24) is 4.98 Å². The lowest BCUT2D eigenvalue weighted by Crippen LogP contribution is -2.21. The zero-order chi connectivity index (χ0) is 22.2. The van der Waals surface area contributed by atoms with E-state index in [0.29, 0.717) is 22.6 Å². The van der Waals surface area contributed by atoms with Gasteiger partial charge in [0, 0.05) is 23.5 Å². The van der Waals surface area contributed by atoms with Crippen LogP contribution in [-0.2, 0) is 15.4 Å². The number of aromatic hydroxyl groups is 1. The minimum Gasteiger partial charge on any atom is -0.507 e. The van der Waals surface area contributed by atoms with Gasteiger partial charge in [-0.3, -0.25) is 4.98 Å². The lowest BCUT2D eigenvalue weighted by molar-refractivity contribution is 0.373. The van der Waals surface area contributed by atoms with Crippen molar-refractivity contribution >= 4 is 13.3 Å². The van der Waals surface area contributed by atoms with Crippen molar-refractivity contribution < 1.29 is 19.1 Å². The summed E-state index contributed by atoms with van der Waals surface area (Å²) in [7, 11) is -4.01. The summed E-state index contributed by atoms with van der Waals surface area (Å²) >= 11 is 0. The van der Waals surface area contributed by atoms with Crippen molar-refractivity contribution in [2.24, 2.45) is 0 Å². The Morgan fingerprint density at radius 3 is 2.00 bits per heavy atom. The summed E-state index contributed by atoms with van der Waals surface area (Å²) in [5.41, 5.74) is 2.70. The Morgan fingerprint density at radius 2 is 1.59 bits per heavy atom. The molecule has 2 aromatic rings. The topological polar surface area (TPSA) is 91.7 Å². The molecule has 6 nitrogen and oxygen atoms in total. The smallest absolute Gasteiger partial charge is 0.395 e. The first-order chi connectivity index (χ1) is 13.1. The van der Waals surface area contributed by atoms with Gasteiger partial charge in [0.05, 0.1) is 5.69 Å². The van der Waals surface area contributed by atoms with Crippen LogP contribution in [0.25, 0.3) is 0 Å². The van der Waals surface area contributed by atoms with Gasteiger partial charge in [0.2, 0.25) is 0 Å². The number of rotatable bonds is 5. The quantitative estimate of drug-likeness (QED) is 0.543. The Balaban J connectivity index is 2.52. The molecule has 1 heterocycles. The van der Waals surface area contributed by atoms with E-state index in [2.05, 4.69) is 10.3 Å². The second kappa shape index (κ2) is 8.00. The van der Waals surface area contributed by atoms with Crippen molar-refractivity contribution in [1.29, 1.82) is 0 Å². The summed E-state index contributed by atoms with van der Waals surface area (Å²) in [6.45, 7) is 15.7. The van der Waals surface area contributed by atoms with Crippen LogP contribution in [-0.4, -0.2) is 21.3 Å². The molecule has 29 heavy (non-hydrogen) atoms. The minimum atomic E-state index is -4.01. The highest BCUT2D eigenvalue weighted by Gasteiger charge is 2.34. The fourth-order valence-electron chi connectivity index (χ4n) is 3.79. The second-order valence-corrected chi connectivity index (χ2v) is 11.3. The van der Waals surface area contributed by atoms with E-state index in [0.717, 1.165) is 11.1 Å². The summed E-state index contributed by atoms with van der Waals surface area (Å²) in [5.74, 6) is 0.588. The predicted octanol–water partition coefficient (Wildman–Crippen LogP) is 5.63. The van der Waals surface area contributed by atoms with E-state index in [4.69, 9.17) is 4.52 Å². The molecule has 160 valence electrons. The first kappa shape index (κ1) is 23.2. The van der Waals surface area contributed by atoms with E-state index < -0.39 is 7.60 Å². The van der Waals surface area contributed by atoms with Gasteiger partial charge in [-0.1, -0.05) is 41.5 Å². The highest BCUT2D eigenvalue weighted by atomic mass is 31.2. The Kier molecular flexibility index (Phi) is 6.41. The van der Waals surface area contributed by atoms with Gasteiger partial charge in [0.15, 0.2) is 0 Å². The maximum atomic E-state index is 12.9. The molecule has 0 amide bonds. The van der Waals surface area contributed by atoms with E-state index in [-0.39, 0.29) is 22.9 Å². The molecule has 1 unspecified atom stereocenters. The normalized spacial score (nSPS) is 14.4. The van der Waals surface area contributed by atoms with Crippen LogP contribution in [0.5, 0.6) is 11.5 Å². The van der Waals surface area contributed by atoms with E-state index in [9.17, 15) is 14.6 Å². The van der Waals surface area contributed by atoms with Crippen LogP contribution < -0.4 is 9.84 Å². The van der Waals surface area contributed by atoms with Crippen LogP contribution in [0.2, 0.25) is 0 Å². The number of anilines is 1. The van der Waals surface area contributed by atoms with Crippen LogP contribution in [0, 0.1) is 13.8 Å². The van der Waals surface area contributed by atoms with Crippen LogP contribution in [0.1, 0.15) is 63.8 Å². The zero-order valence-corrected chi connectivity index (χ0v) is 19.5. The van der Waals surface area contributed by atoms with Gasteiger partial charge in [-0.15, -0.1) is 0 Å². The largest absolute Gasteiger partial charge is 0.507 e. The van der Waals surface area contributed by atoms with E-state index in [1.165, 1.54) is 0 Å². The van der Waals surface area contributed by atoms with Gasteiger partial charge in [0.1, 0.15) is 17.8 Å². The van der Waals surface area contributed by atoms with Crippen LogP contribution in [0.3, 0.4) is 0 Å². The fourth-order valence-corrected chi connectivity index (χ4v) is 4.80. The molecular weight excluding hydrogens is 387 g/mol. The minimum absolute atomic E-state index is 0.230. The molecule has 1 atom stereocenters. The summed E-state index contributed by atoms with van der Waals surface area (Å²) in [6, 6.07) is 3.50. The first-order valence-corrected chi connectivity index (χ1v) is 11.4. The van der Waals surface area contributed by atoms with Crippen LogP contribution >= 0.6 is 7.60 Å². The maximum absolute atomic E-state index is 12.9. The Labute approximate surface area is 173 Å². The van der Waals surface area contributed by atoms with Crippen LogP contribution in [0.15, 0.2) is 24.5 Å². The fraction of sp³-hybridized carbons (Fsp3) is 0.500. The van der Waals surface area contributed by atoms with Crippen molar-refractivity contribution in [3.63, 3.8) is 0 Å². The highest BCUT2D eigenvalue weighted by molar-refractivity contribution is 7.53. The second-order valence-electron chi connectivity index (χ2n) is 9.48. The van der Waals surface area contributed by atoms with Gasteiger partial charge in [-0.25, -0.2) is 4.57 Å². The lowest BCUT2D eigenvalue weighted by atomic mass is 9.75. The summed E-state index contributed by atoms with van der Waals surface area (Å²) in [5, 5.41) is 14.0. The number of hydrogen-bond acceptors (Lipinski definition) is 5. The standard InChI is InChI=1S/C22H33N2O4P/c1-14-17(21(3,4)5)19(25)18(22(6,7)8)15(2)20(14)28-29(26,27)13-24-16-10-9-11-23-12-16/h9-12,24-25H,13H2,1-8H3,(H,26,27). The average Bonchev–Trinajstić information content (AvgIpc) is 2.55. The molecule has 0 radical (unpaired) electrons. The molecule has 7 heteroatoms. The number of phenols is 1. The third-order valence-electron chi connectivity index (χ3n) is 4.78. The molecule has 0 aliphatic heterocycles. The molecular formula is C22H33N2O4P. The molecule has 1 aromatic heterocycles. The first-order valence-electron chi connectivity index (χ1n) is 9.67. The van der Waals surface area contributed by atoms with Gasteiger partial charge in [0.25, 0.3) is 0 Å². The Hall–Kier alpha value is -2.04. The van der Waals surface area contributed by atoms with E-state index >= 15 is 0 Å². The Bertz CT molecular complexity index is 888. The van der Waals surface area contributed by atoms with Crippen molar-refractivity contribution in [3.05, 3.63) is 46.8 Å². The number of nitrogens with one attached hydrogen (secondary N) is 1. The Morgan fingerprint density at radius 1 is 1.07 bits per heavy atom. The predicted molar refractivity (Wildman–Crippen MR) is 118 cm³/mol. The molecule has 0 aliphatic rings. The molecule has 0 saturated heterocycles. The number of phenolic OH excluding ortho intramolecular Hbond substituents is 1. The number of aromatic nitrogens is 1. The summed E-state index contributed by atoms with van der Waals surface area (Å²) in [6.07, 6.45) is 2.95. The third-order valence-corrected chi connectivity index (χ3v) is 5.81. The molecule has 0 saturated carbocycles. The molecule has 2 rings (SSSR count). The van der Waals surface area contributed by atoms with Gasteiger partial charge in [-0.2, -0.15) is 0 Å². The number of pyridine rings is 1. The maximum Gasteiger partial charge on any atom is 0.395 e. The molecule has 3 N–H and O–H groups in total. The SMILES string of the molecule is Cc1c(OP(=O)(O)CNc2cccnc2)c(C)c(C(C)(C)C)c(O)c1C(C)(C)C. The number of hydrogen-bond donors (Lipinski definition) is 3. The van der Waals surface area contributed by atoms with Crippen LogP contribution in [0.4, 0.5) is 5.69 Å². The van der Waals surface area contributed by atoms with E-state index in [1.807, 2.05) is 55.4 Å². The highest BCUT2D eigenvalue weighted by Crippen LogP contribution is 2.52. The molecule has 0 aliphatic carbocycles. The molecule has 0 bridgehead atoms.